The van der Waals surface area contributed by atoms with Crippen molar-refractivity contribution in [3.63, 3.8) is 0 Å². The molecule has 0 fully saturated rings. The maximum absolute atomic E-state index is 9.33. The van der Waals surface area contributed by atoms with Crippen LogP contribution in [0.25, 0.3) is 33.4 Å². The molecule has 0 aliphatic rings. The van der Waals surface area contributed by atoms with Crippen molar-refractivity contribution in [1.29, 1.82) is 5.26 Å². The van der Waals surface area contributed by atoms with Crippen molar-refractivity contribution in [2.24, 2.45) is 7.05 Å². The standard InChI is InChI=1S/C18H14ClN7/c1-9-7-26(2)8-12(9)17-16(23-14(5-20)18(21)24-17)10-3-11-6-22-25-15(11)13(19)4-10/h3-4,6-8H,1-2H3,(H2,21,24)(H,22,25). The van der Waals surface area contributed by atoms with E-state index in [1.807, 2.05) is 43.1 Å². The molecule has 0 radical (unpaired) electrons. The van der Waals surface area contributed by atoms with Gasteiger partial charge >= 0.3 is 0 Å². The van der Waals surface area contributed by atoms with E-state index in [1.165, 1.54) is 0 Å². The fourth-order valence-electron chi connectivity index (χ4n) is 3.04. The smallest absolute Gasteiger partial charge is 0.183 e. The monoisotopic (exact) mass is 363 g/mol. The fourth-order valence-corrected chi connectivity index (χ4v) is 3.31. The molecule has 0 unspecified atom stereocenters. The van der Waals surface area contributed by atoms with Gasteiger partial charge in [0.15, 0.2) is 11.5 Å². The lowest BCUT2D eigenvalue weighted by atomic mass is 10.0. The number of anilines is 1. The molecule has 0 atom stereocenters. The van der Waals surface area contributed by atoms with Crippen molar-refractivity contribution in [2.45, 2.75) is 6.92 Å². The predicted octanol–water partition coefficient (Wildman–Crippen LogP) is 3.44. The van der Waals surface area contributed by atoms with E-state index in [9.17, 15) is 5.26 Å². The van der Waals surface area contributed by atoms with Crippen molar-refractivity contribution in [1.82, 2.24) is 24.7 Å². The van der Waals surface area contributed by atoms with Crippen molar-refractivity contribution >= 4 is 28.3 Å². The van der Waals surface area contributed by atoms with Gasteiger partial charge in [-0.2, -0.15) is 10.4 Å². The number of nitrogens with two attached hydrogens (primary N) is 1. The molecule has 4 aromatic rings. The molecule has 0 aliphatic heterocycles. The Balaban J connectivity index is 2.05. The number of benzene rings is 1. The molecule has 3 N–H and O–H groups in total. The summed E-state index contributed by atoms with van der Waals surface area (Å²) in [6, 6.07) is 5.69. The fraction of sp³-hybridized carbons (Fsp3) is 0.111. The molecule has 0 saturated heterocycles. The van der Waals surface area contributed by atoms with Gasteiger partial charge in [0.25, 0.3) is 0 Å². The predicted molar refractivity (Wildman–Crippen MR) is 100 cm³/mol. The number of aryl methyl sites for hydroxylation is 2. The van der Waals surface area contributed by atoms with Gasteiger partial charge in [0.1, 0.15) is 11.8 Å². The van der Waals surface area contributed by atoms with Crippen LogP contribution in [0.1, 0.15) is 11.3 Å². The molecular formula is C18H14ClN7. The SMILES string of the molecule is Cc1cn(C)cc1-c1nc(N)c(C#N)nc1-c1cc(Cl)c2[nH]ncc2c1. The summed E-state index contributed by atoms with van der Waals surface area (Å²) in [7, 11) is 1.94. The maximum atomic E-state index is 9.33. The van der Waals surface area contributed by atoms with E-state index in [4.69, 9.17) is 17.3 Å². The number of H-pyrrole nitrogens is 1. The van der Waals surface area contributed by atoms with Crippen molar-refractivity contribution in [3.05, 3.63) is 47.0 Å². The number of aromatic nitrogens is 5. The molecule has 3 aromatic heterocycles. The molecule has 26 heavy (non-hydrogen) atoms. The molecular weight excluding hydrogens is 350 g/mol. The van der Waals surface area contributed by atoms with Gasteiger partial charge in [-0.05, 0) is 24.6 Å². The second-order valence-corrected chi connectivity index (χ2v) is 6.49. The summed E-state index contributed by atoms with van der Waals surface area (Å²) < 4.78 is 1.94. The number of fused-ring (bicyclic) bond motifs is 1. The summed E-state index contributed by atoms with van der Waals surface area (Å²) >= 11 is 6.38. The summed E-state index contributed by atoms with van der Waals surface area (Å²) in [4.78, 5) is 8.95. The van der Waals surface area contributed by atoms with Gasteiger partial charge in [0.2, 0.25) is 0 Å². The minimum absolute atomic E-state index is 0.0840. The third-order valence-corrected chi connectivity index (χ3v) is 4.51. The molecule has 0 aliphatic carbocycles. The van der Waals surface area contributed by atoms with Crippen LogP contribution >= 0.6 is 11.6 Å². The largest absolute Gasteiger partial charge is 0.381 e. The molecule has 0 saturated carbocycles. The first-order valence-corrected chi connectivity index (χ1v) is 8.19. The molecule has 128 valence electrons. The van der Waals surface area contributed by atoms with Crippen LogP contribution in [-0.2, 0) is 7.05 Å². The zero-order valence-corrected chi connectivity index (χ0v) is 14.8. The summed E-state index contributed by atoms with van der Waals surface area (Å²) in [6.07, 6.45) is 5.63. The number of rotatable bonds is 2. The van der Waals surface area contributed by atoms with Crippen LogP contribution in [0.5, 0.6) is 0 Å². The molecule has 0 amide bonds. The number of nitrogen functional groups attached to an aromatic ring is 1. The van der Waals surface area contributed by atoms with Gasteiger partial charge in [0, 0.05) is 36.0 Å². The first-order valence-electron chi connectivity index (χ1n) is 7.81. The summed E-state index contributed by atoms with van der Waals surface area (Å²) in [5, 5.41) is 17.6. The zero-order valence-electron chi connectivity index (χ0n) is 14.1. The number of hydrogen-bond donors (Lipinski definition) is 2. The Morgan fingerprint density at radius 3 is 2.73 bits per heavy atom. The Bertz CT molecular complexity index is 1200. The first kappa shape index (κ1) is 16.1. The highest BCUT2D eigenvalue weighted by molar-refractivity contribution is 6.35. The second-order valence-electron chi connectivity index (χ2n) is 6.08. The van der Waals surface area contributed by atoms with Gasteiger partial charge in [-0.3, -0.25) is 5.10 Å². The second kappa shape index (κ2) is 5.86. The Morgan fingerprint density at radius 2 is 2.04 bits per heavy atom. The van der Waals surface area contributed by atoms with E-state index in [1.54, 1.807) is 12.3 Å². The van der Waals surface area contributed by atoms with Gasteiger partial charge in [-0.15, -0.1) is 0 Å². The maximum Gasteiger partial charge on any atom is 0.183 e. The van der Waals surface area contributed by atoms with E-state index in [-0.39, 0.29) is 11.5 Å². The molecule has 1 aromatic carbocycles. The molecule has 8 heteroatoms. The number of nitriles is 1. The van der Waals surface area contributed by atoms with Crippen molar-refractivity contribution in [2.75, 3.05) is 5.73 Å². The third kappa shape index (κ3) is 2.48. The van der Waals surface area contributed by atoms with Gasteiger partial charge in [-0.25, -0.2) is 9.97 Å². The Hall–Kier alpha value is -3.37. The minimum Gasteiger partial charge on any atom is -0.381 e. The third-order valence-electron chi connectivity index (χ3n) is 4.21. The molecule has 4 rings (SSSR count). The Kier molecular flexibility index (Phi) is 3.63. The zero-order chi connectivity index (χ0) is 18.4. The summed E-state index contributed by atoms with van der Waals surface area (Å²) in [5.74, 6) is 0.102. The lowest BCUT2D eigenvalue weighted by Crippen LogP contribution is -2.03. The van der Waals surface area contributed by atoms with Gasteiger partial charge < -0.3 is 10.3 Å². The van der Waals surface area contributed by atoms with Crippen LogP contribution in [0.4, 0.5) is 5.82 Å². The Labute approximate surface area is 154 Å². The highest BCUT2D eigenvalue weighted by Gasteiger charge is 2.19. The lowest BCUT2D eigenvalue weighted by Gasteiger charge is -2.11. The molecule has 0 bridgehead atoms. The van der Waals surface area contributed by atoms with E-state index in [2.05, 4.69) is 20.2 Å². The number of aromatic amines is 1. The minimum atomic E-state index is 0.0840. The van der Waals surface area contributed by atoms with Gasteiger partial charge in [0.05, 0.1) is 22.4 Å². The molecule has 3 heterocycles. The van der Waals surface area contributed by atoms with Crippen LogP contribution < -0.4 is 5.73 Å². The topological polar surface area (TPSA) is 109 Å². The van der Waals surface area contributed by atoms with Crippen molar-refractivity contribution in [3.8, 4) is 28.6 Å². The lowest BCUT2D eigenvalue weighted by molar-refractivity contribution is 0.925. The average Bonchev–Trinajstić information content (AvgIpc) is 3.20. The number of nitrogens with one attached hydrogen (secondary N) is 1. The summed E-state index contributed by atoms with van der Waals surface area (Å²) in [6.45, 7) is 1.99. The van der Waals surface area contributed by atoms with Crippen molar-refractivity contribution < 1.29 is 0 Å². The average molecular weight is 364 g/mol. The van der Waals surface area contributed by atoms with Crippen LogP contribution in [0.3, 0.4) is 0 Å². The normalized spacial score (nSPS) is 11.0. The number of halogens is 1. The van der Waals surface area contributed by atoms with E-state index >= 15 is 0 Å². The van der Waals surface area contributed by atoms with Crippen LogP contribution in [0, 0.1) is 18.3 Å². The number of nitrogens with zero attached hydrogens (tertiary/aromatic N) is 5. The summed E-state index contributed by atoms with van der Waals surface area (Å²) in [5.41, 5.74) is 10.6. The highest BCUT2D eigenvalue weighted by Crippen LogP contribution is 2.36. The van der Waals surface area contributed by atoms with Crippen LogP contribution in [0.2, 0.25) is 5.02 Å². The van der Waals surface area contributed by atoms with Crippen LogP contribution in [-0.4, -0.2) is 24.7 Å². The number of hydrogen-bond acceptors (Lipinski definition) is 5. The molecule has 0 spiro atoms. The highest BCUT2D eigenvalue weighted by atomic mass is 35.5. The van der Waals surface area contributed by atoms with E-state index < -0.39 is 0 Å². The Morgan fingerprint density at radius 1 is 1.23 bits per heavy atom. The van der Waals surface area contributed by atoms with E-state index in [0.29, 0.717) is 16.4 Å². The molecule has 7 nitrogen and oxygen atoms in total. The first-order chi connectivity index (χ1) is 12.5. The quantitative estimate of drug-likeness (QED) is 0.567. The van der Waals surface area contributed by atoms with Gasteiger partial charge in [-0.1, -0.05) is 11.6 Å². The van der Waals surface area contributed by atoms with E-state index in [0.717, 1.165) is 27.6 Å². The van der Waals surface area contributed by atoms with Crippen LogP contribution in [0.15, 0.2) is 30.7 Å².